The van der Waals surface area contributed by atoms with E-state index < -0.39 is 0 Å². The first-order valence-corrected chi connectivity index (χ1v) is 6.91. The Hall–Kier alpha value is -1.96. The Morgan fingerprint density at radius 2 is 1.26 bits per heavy atom. The molecule has 1 N–H and O–H groups in total. The minimum absolute atomic E-state index is 1.04. The molecule has 100 valence electrons. The lowest BCUT2D eigenvalue weighted by molar-refractivity contribution is 0.866. The van der Waals surface area contributed by atoms with Gasteiger partial charge in [0.05, 0.1) is 0 Å². The number of nitrogens with one attached hydrogen (secondary N) is 1. The van der Waals surface area contributed by atoms with Gasteiger partial charge in [-0.3, -0.25) is 0 Å². The molecule has 0 unspecified atom stereocenters. The third kappa shape index (κ3) is 3.50. The predicted octanol–water partition coefficient (Wildman–Crippen LogP) is 4.58. The number of benzene rings is 2. The van der Waals surface area contributed by atoms with Crippen LogP contribution < -0.4 is 10.2 Å². The van der Waals surface area contributed by atoms with E-state index in [4.69, 9.17) is 0 Å². The van der Waals surface area contributed by atoms with Crippen LogP contribution in [0.25, 0.3) is 0 Å². The van der Waals surface area contributed by atoms with E-state index in [0.717, 1.165) is 24.5 Å². The summed E-state index contributed by atoms with van der Waals surface area (Å²) in [6, 6.07) is 17.1. The highest BCUT2D eigenvalue weighted by Crippen LogP contribution is 2.21. The average molecular weight is 254 g/mol. The molecule has 2 aromatic carbocycles. The second kappa shape index (κ2) is 6.28. The molecule has 2 nitrogen and oxygen atoms in total. The average Bonchev–Trinajstić information content (AvgIpc) is 2.44. The summed E-state index contributed by atoms with van der Waals surface area (Å²) in [5, 5.41) is 3.41. The van der Waals surface area contributed by atoms with E-state index in [-0.39, 0.29) is 0 Å². The van der Waals surface area contributed by atoms with Gasteiger partial charge in [-0.15, -0.1) is 0 Å². The monoisotopic (exact) mass is 254 g/mol. The zero-order chi connectivity index (χ0) is 13.7. The molecule has 0 aliphatic rings. The Kier molecular flexibility index (Phi) is 4.45. The van der Waals surface area contributed by atoms with Gasteiger partial charge in [0, 0.05) is 30.2 Å². The molecule has 0 bridgehead atoms. The fourth-order valence-corrected chi connectivity index (χ4v) is 2.15. The lowest BCUT2D eigenvalue weighted by Gasteiger charge is -2.21. The van der Waals surface area contributed by atoms with E-state index in [2.05, 4.69) is 79.5 Å². The highest BCUT2D eigenvalue weighted by molar-refractivity contribution is 5.63. The van der Waals surface area contributed by atoms with Crippen LogP contribution in [0.5, 0.6) is 0 Å². The Balaban J connectivity index is 2.08. The zero-order valence-corrected chi connectivity index (χ0v) is 12.0. The van der Waals surface area contributed by atoms with Gasteiger partial charge in [-0.25, -0.2) is 0 Å². The first kappa shape index (κ1) is 13.5. The SMILES string of the molecule is CCN(CC)c1ccc(Nc2ccc(C)cc2)cc1. The Bertz CT molecular complexity index is 496. The number of nitrogens with zero attached hydrogens (tertiary/aromatic N) is 1. The van der Waals surface area contributed by atoms with E-state index in [1.807, 2.05) is 0 Å². The second-order valence-electron chi connectivity index (χ2n) is 4.71. The third-order valence-electron chi connectivity index (χ3n) is 3.34. The number of rotatable bonds is 5. The van der Waals surface area contributed by atoms with Gasteiger partial charge in [0.2, 0.25) is 0 Å². The first-order chi connectivity index (χ1) is 9.22. The van der Waals surface area contributed by atoms with Crippen LogP contribution in [0.2, 0.25) is 0 Å². The van der Waals surface area contributed by atoms with Crippen molar-refractivity contribution in [3.05, 3.63) is 54.1 Å². The predicted molar refractivity (Wildman–Crippen MR) is 84.5 cm³/mol. The van der Waals surface area contributed by atoms with Crippen LogP contribution >= 0.6 is 0 Å². The largest absolute Gasteiger partial charge is 0.372 e. The molecular formula is C17H22N2. The van der Waals surface area contributed by atoms with Crippen LogP contribution in [0.3, 0.4) is 0 Å². The first-order valence-electron chi connectivity index (χ1n) is 6.91. The van der Waals surface area contributed by atoms with Gasteiger partial charge < -0.3 is 10.2 Å². The van der Waals surface area contributed by atoms with Gasteiger partial charge in [0.25, 0.3) is 0 Å². The summed E-state index contributed by atoms with van der Waals surface area (Å²) in [6.45, 7) is 8.55. The molecule has 0 heterocycles. The highest BCUT2D eigenvalue weighted by Gasteiger charge is 2.01. The van der Waals surface area contributed by atoms with Crippen molar-refractivity contribution in [1.82, 2.24) is 0 Å². The molecule has 2 heteroatoms. The normalized spacial score (nSPS) is 10.3. The quantitative estimate of drug-likeness (QED) is 0.839. The van der Waals surface area contributed by atoms with Gasteiger partial charge in [0.15, 0.2) is 0 Å². The number of hydrogen-bond donors (Lipinski definition) is 1. The maximum Gasteiger partial charge on any atom is 0.0385 e. The molecular weight excluding hydrogens is 232 g/mol. The van der Waals surface area contributed by atoms with Crippen molar-refractivity contribution in [2.24, 2.45) is 0 Å². The highest BCUT2D eigenvalue weighted by atomic mass is 15.1. The molecule has 0 aliphatic heterocycles. The van der Waals surface area contributed by atoms with Crippen molar-refractivity contribution in [2.45, 2.75) is 20.8 Å². The summed E-state index contributed by atoms with van der Waals surface area (Å²) in [7, 11) is 0. The van der Waals surface area contributed by atoms with Gasteiger partial charge >= 0.3 is 0 Å². The Labute approximate surface area is 116 Å². The Morgan fingerprint density at radius 3 is 1.74 bits per heavy atom. The van der Waals surface area contributed by atoms with Crippen molar-refractivity contribution in [3.63, 3.8) is 0 Å². The zero-order valence-electron chi connectivity index (χ0n) is 12.0. The molecule has 0 aliphatic carbocycles. The van der Waals surface area contributed by atoms with Crippen LogP contribution in [0.15, 0.2) is 48.5 Å². The van der Waals surface area contributed by atoms with Crippen molar-refractivity contribution >= 4 is 17.1 Å². The fourth-order valence-electron chi connectivity index (χ4n) is 2.15. The van der Waals surface area contributed by atoms with Crippen molar-refractivity contribution in [1.29, 1.82) is 0 Å². The van der Waals surface area contributed by atoms with E-state index in [9.17, 15) is 0 Å². The smallest absolute Gasteiger partial charge is 0.0385 e. The van der Waals surface area contributed by atoms with Crippen molar-refractivity contribution < 1.29 is 0 Å². The molecule has 0 aromatic heterocycles. The second-order valence-corrected chi connectivity index (χ2v) is 4.71. The molecule has 0 amide bonds. The van der Waals surface area contributed by atoms with Crippen LogP contribution in [0.4, 0.5) is 17.1 Å². The molecule has 0 atom stereocenters. The molecule has 0 fully saturated rings. The van der Waals surface area contributed by atoms with Crippen LogP contribution in [-0.2, 0) is 0 Å². The molecule has 2 aromatic rings. The fraction of sp³-hybridized carbons (Fsp3) is 0.294. The van der Waals surface area contributed by atoms with Gasteiger partial charge in [0.1, 0.15) is 0 Å². The molecule has 2 rings (SSSR count). The summed E-state index contributed by atoms with van der Waals surface area (Å²) in [5.74, 6) is 0. The van der Waals surface area contributed by atoms with Crippen LogP contribution in [0.1, 0.15) is 19.4 Å². The van der Waals surface area contributed by atoms with E-state index in [1.54, 1.807) is 0 Å². The molecule has 0 spiro atoms. The third-order valence-corrected chi connectivity index (χ3v) is 3.34. The van der Waals surface area contributed by atoms with Gasteiger partial charge in [-0.2, -0.15) is 0 Å². The number of aryl methyl sites for hydroxylation is 1. The maximum atomic E-state index is 3.41. The van der Waals surface area contributed by atoms with E-state index in [1.165, 1.54) is 11.3 Å². The topological polar surface area (TPSA) is 15.3 Å². The van der Waals surface area contributed by atoms with E-state index >= 15 is 0 Å². The van der Waals surface area contributed by atoms with Gasteiger partial charge in [-0.1, -0.05) is 17.7 Å². The number of hydrogen-bond acceptors (Lipinski definition) is 2. The van der Waals surface area contributed by atoms with Gasteiger partial charge in [-0.05, 0) is 57.2 Å². The minimum Gasteiger partial charge on any atom is -0.372 e. The summed E-state index contributed by atoms with van der Waals surface area (Å²) in [5.41, 5.74) is 4.81. The summed E-state index contributed by atoms with van der Waals surface area (Å²) in [4.78, 5) is 2.34. The Morgan fingerprint density at radius 1 is 0.789 bits per heavy atom. The lowest BCUT2D eigenvalue weighted by Crippen LogP contribution is -2.21. The van der Waals surface area contributed by atoms with Crippen molar-refractivity contribution in [3.8, 4) is 0 Å². The minimum atomic E-state index is 1.04. The standard InChI is InChI=1S/C17H22N2/c1-4-19(5-2)17-12-10-16(11-13-17)18-15-8-6-14(3)7-9-15/h6-13,18H,4-5H2,1-3H3. The molecule has 0 saturated carbocycles. The van der Waals surface area contributed by atoms with Crippen molar-refractivity contribution in [2.75, 3.05) is 23.3 Å². The van der Waals surface area contributed by atoms with Crippen LogP contribution in [0, 0.1) is 6.92 Å². The van der Waals surface area contributed by atoms with E-state index in [0.29, 0.717) is 0 Å². The molecule has 0 radical (unpaired) electrons. The summed E-state index contributed by atoms with van der Waals surface area (Å²) >= 11 is 0. The molecule has 0 saturated heterocycles. The summed E-state index contributed by atoms with van der Waals surface area (Å²) in [6.07, 6.45) is 0. The summed E-state index contributed by atoms with van der Waals surface area (Å²) < 4.78 is 0. The maximum absolute atomic E-state index is 3.41. The number of anilines is 3. The lowest BCUT2D eigenvalue weighted by atomic mass is 10.2. The molecule has 19 heavy (non-hydrogen) atoms. The van der Waals surface area contributed by atoms with Crippen LogP contribution in [-0.4, -0.2) is 13.1 Å².